The Labute approximate surface area is 141 Å². The molecule has 0 aliphatic rings. The van der Waals surface area contributed by atoms with E-state index < -0.39 is 0 Å². The second kappa shape index (κ2) is 7.38. The Hall–Kier alpha value is -3.19. The van der Waals surface area contributed by atoms with Gasteiger partial charge in [-0.15, -0.1) is 0 Å². The van der Waals surface area contributed by atoms with Gasteiger partial charge in [0.25, 0.3) is 0 Å². The smallest absolute Gasteiger partial charge is 0.145 e. The molecule has 0 N–H and O–H groups in total. The van der Waals surface area contributed by atoms with E-state index in [-0.39, 0.29) is 5.92 Å². The average Bonchev–Trinajstić information content (AvgIpc) is 2.66. The summed E-state index contributed by atoms with van der Waals surface area (Å²) in [5, 5.41) is 10.5. The van der Waals surface area contributed by atoms with Crippen LogP contribution in [0.1, 0.15) is 5.56 Å². The van der Waals surface area contributed by atoms with Crippen molar-refractivity contribution in [3.8, 4) is 11.8 Å². The van der Waals surface area contributed by atoms with E-state index in [2.05, 4.69) is 16.0 Å². The first-order valence-corrected chi connectivity index (χ1v) is 7.71. The van der Waals surface area contributed by atoms with Crippen LogP contribution >= 0.6 is 0 Å². The van der Waals surface area contributed by atoms with E-state index in [1.807, 2.05) is 54.6 Å². The monoisotopic (exact) mass is 315 g/mol. The van der Waals surface area contributed by atoms with Crippen LogP contribution < -0.4 is 4.74 Å². The highest BCUT2D eigenvalue weighted by Crippen LogP contribution is 2.27. The summed E-state index contributed by atoms with van der Waals surface area (Å²) >= 11 is 0. The Morgan fingerprint density at radius 3 is 2.75 bits per heavy atom. The number of benzene rings is 2. The Morgan fingerprint density at radius 2 is 2.00 bits per heavy atom. The highest BCUT2D eigenvalue weighted by molar-refractivity contribution is 5.88. The van der Waals surface area contributed by atoms with Crippen LogP contribution in [0.3, 0.4) is 0 Å². The number of methoxy groups -OCH3 is 1. The molecule has 2 aromatic carbocycles. The van der Waals surface area contributed by atoms with Gasteiger partial charge in [0.05, 0.1) is 24.8 Å². The molecule has 1 atom stereocenters. The minimum atomic E-state index is -0.304. The zero-order valence-electron chi connectivity index (χ0n) is 13.4. The Morgan fingerprint density at radius 1 is 1.17 bits per heavy atom. The third kappa shape index (κ3) is 3.41. The molecule has 0 bridgehead atoms. The van der Waals surface area contributed by atoms with Crippen molar-refractivity contribution >= 4 is 22.8 Å². The van der Waals surface area contributed by atoms with E-state index >= 15 is 0 Å². The predicted molar refractivity (Wildman–Crippen MR) is 95.7 cm³/mol. The molecular formula is C20H17N3O. The van der Waals surface area contributed by atoms with Gasteiger partial charge in [-0.1, -0.05) is 30.3 Å². The maximum Gasteiger partial charge on any atom is 0.145 e. The molecule has 24 heavy (non-hydrogen) atoms. The summed E-state index contributed by atoms with van der Waals surface area (Å²) in [5.74, 6) is 0.433. The van der Waals surface area contributed by atoms with Crippen molar-refractivity contribution in [2.45, 2.75) is 6.42 Å². The maximum absolute atomic E-state index is 9.46. The molecule has 0 amide bonds. The van der Waals surface area contributed by atoms with Crippen molar-refractivity contribution in [2.75, 3.05) is 7.11 Å². The van der Waals surface area contributed by atoms with Gasteiger partial charge in [0, 0.05) is 17.8 Å². The number of aliphatic imine (C=N–C) groups is 1. The third-order valence-electron chi connectivity index (χ3n) is 3.81. The minimum Gasteiger partial charge on any atom is -0.494 e. The zero-order valence-corrected chi connectivity index (χ0v) is 13.4. The number of para-hydroxylation sites is 1. The first-order chi connectivity index (χ1) is 11.8. The van der Waals surface area contributed by atoms with Gasteiger partial charge < -0.3 is 4.74 Å². The standard InChI is InChI=1S/C20H17N3O/c1-24-19-10-9-16(18-8-5-11-22-20(18)19)12-15(13-21)14-23-17-6-3-2-4-7-17/h2-11,14-15H,12H2,1H3. The molecule has 3 aromatic rings. The van der Waals surface area contributed by atoms with Gasteiger partial charge in [0.15, 0.2) is 0 Å². The number of nitrogens with zero attached hydrogens (tertiary/aromatic N) is 3. The van der Waals surface area contributed by atoms with Crippen molar-refractivity contribution in [3.63, 3.8) is 0 Å². The summed E-state index contributed by atoms with van der Waals surface area (Å²) in [6, 6.07) is 19.7. The number of ether oxygens (including phenoxy) is 1. The predicted octanol–water partition coefficient (Wildman–Crippen LogP) is 4.33. The fourth-order valence-corrected chi connectivity index (χ4v) is 2.61. The highest BCUT2D eigenvalue weighted by atomic mass is 16.5. The average molecular weight is 315 g/mol. The number of rotatable bonds is 5. The van der Waals surface area contributed by atoms with Crippen LogP contribution in [-0.2, 0) is 6.42 Å². The number of pyridine rings is 1. The van der Waals surface area contributed by atoms with Gasteiger partial charge in [0.2, 0.25) is 0 Å². The summed E-state index contributed by atoms with van der Waals surface area (Å²) in [6.45, 7) is 0. The van der Waals surface area contributed by atoms with Crippen LogP contribution in [0.15, 0.2) is 65.8 Å². The molecule has 0 saturated carbocycles. The first kappa shape index (κ1) is 15.7. The normalized spacial score (nSPS) is 12.2. The molecule has 1 heterocycles. The molecule has 118 valence electrons. The van der Waals surface area contributed by atoms with Crippen LogP contribution in [0, 0.1) is 17.2 Å². The van der Waals surface area contributed by atoms with Crippen LogP contribution in [0.5, 0.6) is 5.75 Å². The van der Waals surface area contributed by atoms with Crippen molar-refractivity contribution in [1.82, 2.24) is 4.98 Å². The Bertz CT molecular complexity index is 898. The lowest BCUT2D eigenvalue weighted by Gasteiger charge is -2.10. The summed E-state index contributed by atoms with van der Waals surface area (Å²) in [6.07, 6.45) is 4.04. The number of nitriles is 1. The molecule has 0 radical (unpaired) electrons. The van der Waals surface area contributed by atoms with Gasteiger partial charge >= 0.3 is 0 Å². The molecule has 4 heteroatoms. The van der Waals surface area contributed by atoms with E-state index in [1.54, 1.807) is 19.5 Å². The largest absolute Gasteiger partial charge is 0.494 e. The molecule has 0 saturated heterocycles. The number of hydrogen-bond acceptors (Lipinski definition) is 4. The Balaban J connectivity index is 1.88. The highest BCUT2D eigenvalue weighted by Gasteiger charge is 2.12. The number of aromatic nitrogens is 1. The van der Waals surface area contributed by atoms with Crippen LogP contribution in [0.4, 0.5) is 5.69 Å². The van der Waals surface area contributed by atoms with Crippen LogP contribution in [0.25, 0.3) is 10.9 Å². The van der Waals surface area contributed by atoms with Gasteiger partial charge in [0.1, 0.15) is 11.3 Å². The van der Waals surface area contributed by atoms with Crippen LogP contribution in [-0.4, -0.2) is 18.3 Å². The minimum absolute atomic E-state index is 0.304. The number of hydrogen-bond donors (Lipinski definition) is 0. The van der Waals surface area contributed by atoms with Gasteiger partial charge in [-0.3, -0.25) is 9.98 Å². The van der Waals surface area contributed by atoms with Crippen molar-refractivity contribution in [3.05, 3.63) is 66.4 Å². The van der Waals surface area contributed by atoms with Gasteiger partial charge in [-0.25, -0.2) is 0 Å². The topological polar surface area (TPSA) is 58.3 Å². The quantitative estimate of drug-likeness (QED) is 0.658. The van der Waals surface area contributed by atoms with Crippen molar-refractivity contribution in [1.29, 1.82) is 5.26 Å². The lowest BCUT2D eigenvalue weighted by Crippen LogP contribution is -2.04. The summed E-state index contributed by atoms with van der Waals surface area (Å²) < 4.78 is 5.37. The summed E-state index contributed by atoms with van der Waals surface area (Å²) in [4.78, 5) is 8.80. The molecule has 1 unspecified atom stereocenters. The molecule has 3 rings (SSSR count). The van der Waals surface area contributed by atoms with E-state index in [9.17, 15) is 5.26 Å². The summed E-state index contributed by atoms with van der Waals surface area (Å²) in [5.41, 5.74) is 2.72. The lowest BCUT2D eigenvalue weighted by molar-refractivity contribution is 0.419. The van der Waals surface area contributed by atoms with Crippen molar-refractivity contribution < 1.29 is 4.74 Å². The molecule has 0 aliphatic heterocycles. The maximum atomic E-state index is 9.46. The van der Waals surface area contributed by atoms with E-state index in [0.29, 0.717) is 6.42 Å². The molecular weight excluding hydrogens is 298 g/mol. The molecule has 1 aromatic heterocycles. The second-order valence-electron chi connectivity index (χ2n) is 5.38. The van der Waals surface area contributed by atoms with Gasteiger partial charge in [-0.05, 0) is 36.2 Å². The zero-order chi connectivity index (χ0) is 16.8. The molecule has 0 fully saturated rings. The first-order valence-electron chi connectivity index (χ1n) is 7.71. The van der Waals surface area contributed by atoms with Crippen LogP contribution in [0.2, 0.25) is 0 Å². The lowest BCUT2D eigenvalue weighted by atomic mass is 9.97. The molecule has 0 spiro atoms. The van der Waals surface area contributed by atoms with E-state index in [1.165, 1.54) is 0 Å². The second-order valence-corrected chi connectivity index (χ2v) is 5.38. The third-order valence-corrected chi connectivity index (χ3v) is 3.81. The molecule has 0 aliphatic carbocycles. The van der Waals surface area contributed by atoms with E-state index in [0.717, 1.165) is 27.9 Å². The fourth-order valence-electron chi connectivity index (χ4n) is 2.61. The number of fused-ring (bicyclic) bond motifs is 1. The molecule has 4 nitrogen and oxygen atoms in total. The van der Waals surface area contributed by atoms with Crippen molar-refractivity contribution in [2.24, 2.45) is 10.9 Å². The van der Waals surface area contributed by atoms with E-state index in [4.69, 9.17) is 4.74 Å². The summed E-state index contributed by atoms with van der Waals surface area (Å²) in [7, 11) is 1.63. The Kier molecular flexibility index (Phi) is 4.83. The fraction of sp³-hybridized carbons (Fsp3) is 0.150. The van der Waals surface area contributed by atoms with Gasteiger partial charge in [-0.2, -0.15) is 5.26 Å². The SMILES string of the molecule is COc1ccc(CC(C#N)C=Nc2ccccc2)c2cccnc12.